The molecule has 0 amide bonds. The van der Waals surface area contributed by atoms with Crippen molar-refractivity contribution in [1.29, 1.82) is 5.26 Å². The van der Waals surface area contributed by atoms with E-state index in [9.17, 15) is 9.90 Å². The molecule has 1 aromatic carbocycles. The number of rotatable bonds is 5. The summed E-state index contributed by atoms with van der Waals surface area (Å²) in [5, 5.41) is 18.9. The fourth-order valence-electron chi connectivity index (χ4n) is 1.57. The summed E-state index contributed by atoms with van der Waals surface area (Å²) in [6, 6.07) is 5.26. The minimum atomic E-state index is -1.24. The van der Waals surface area contributed by atoms with Gasteiger partial charge >= 0.3 is 5.97 Å². The predicted octanol–water partition coefficient (Wildman–Crippen LogP) is 0.491. The summed E-state index contributed by atoms with van der Waals surface area (Å²) in [5.74, 6) is -0.299. The third-order valence-corrected chi connectivity index (χ3v) is 2.58. The number of methoxy groups -OCH3 is 1. The van der Waals surface area contributed by atoms with Gasteiger partial charge in [-0.2, -0.15) is 5.26 Å². The van der Waals surface area contributed by atoms with E-state index < -0.39 is 18.1 Å². The van der Waals surface area contributed by atoms with Crippen molar-refractivity contribution in [1.82, 2.24) is 0 Å². The van der Waals surface area contributed by atoms with Crippen LogP contribution in [-0.4, -0.2) is 30.8 Å². The maximum atomic E-state index is 11.4. The van der Waals surface area contributed by atoms with Crippen LogP contribution in [0.3, 0.4) is 0 Å². The number of hydrogen-bond acceptors (Lipinski definition) is 6. The minimum absolute atomic E-state index is 0.186. The number of aliphatic hydroxyl groups is 1. The lowest BCUT2D eigenvalue weighted by atomic mass is 10.0. The van der Waals surface area contributed by atoms with E-state index in [1.54, 1.807) is 13.0 Å². The highest BCUT2D eigenvalue weighted by molar-refractivity contribution is 5.76. The Morgan fingerprint density at radius 3 is 2.79 bits per heavy atom. The molecule has 19 heavy (non-hydrogen) atoms. The van der Waals surface area contributed by atoms with Gasteiger partial charge in [0.15, 0.2) is 0 Å². The van der Waals surface area contributed by atoms with Crippen LogP contribution >= 0.6 is 0 Å². The normalized spacial score (nSPS) is 13.2. The maximum absolute atomic E-state index is 11.4. The van der Waals surface area contributed by atoms with Gasteiger partial charge in [-0.25, -0.2) is 0 Å². The van der Waals surface area contributed by atoms with Gasteiger partial charge in [0.05, 0.1) is 19.3 Å². The van der Waals surface area contributed by atoms with Crippen LogP contribution in [0.4, 0.5) is 0 Å². The van der Waals surface area contributed by atoms with Gasteiger partial charge in [0.1, 0.15) is 24.0 Å². The molecule has 0 radical (unpaired) electrons. The van der Waals surface area contributed by atoms with Crippen molar-refractivity contribution in [3.8, 4) is 11.8 Å². The average Bonchev–Trinajstić information content (AvgIpc) is 2.45. The summed E-state index contributed by atoms with van der Waals surface area (Å²) >= 11 is 0. The number of esters is 1. The topological polar surface area (TPSA) is 106 Å². The Morgan fingerprint density at radius 1 is 1.58 bits per heavy atom. The van der Waals surface area contributed by atoms with E-state index in [0.29, 0.717) is 11.3 Å². The number of benzene rings is 1. The van der Waals surface area contributed by atoms with E-state index in [0.717, 1.165) is 0 Å². The summed E-state index contributed by atoms with van der Waals surface area (Å²) in [7, 11) is 1.44. The Morgan fingerprint density at radius 2 is 2.26 bits per heavy atom. The largest absolute Gasteiger partial charge is 0.495 e. The van der Waals surface area contributed by atoms with E-state index in [4.69, 9.17) is 20.5 Å². The lowest BCUT2D eigenvalue weighted by Crippen LogP contribution is -2.38. The molecule has 0 fully saturated rings. The number of carbonyl (C=O) groups is 1. The highest BCUT2D eigenvalue weighted by Crippen LogP contribution is 2.24. The van der Waals surface area contributed by atoms with Gasteiger partial charge in [-0.3, -0.25) is 4.79 Å². The van der Waals surface area contributed by atoms with Gasteiger partial charge in [0.25, 0.3) is 0 Å². The second-order valence-corrected chi connectivity index (χ2v) is 3.79. The van der Waals surface area contributed by atoms with Crippen LogP contribution < -0.4 is 10.5 Å². The van der Waals surface area contributed by atoms with Gasteiger partial charge in [-0.1, -0.05) is 6.07 Å². The molecule has 2 unspecified atom stereocenters. The molecule has 102 valence electrons. The van der Waals surface area contributed by atoms with Crippen molar-refractivity contribution >= 4 is 5.97 Å². The molecular formula is C13H16N2O4. The molecular weight excluding hydrogens is 248 g/mol. The number of aliphatic hydroxyl groups excluding tert-OH is 1. The minimum Gasteiger partial charge on any atom is -0.495 e. The first-order valence-electron chi connectivity index (χ1n) is 5.73. The molecule has 0 spiro atoms. The molecule has 0 aliphatic heterocycles. The smallest absolute Gasteiger partial charge is 0.325 e. The molecule has 0 aromatic heterocycles. The van der Waals surface area contributed by atoms with Crippen LogP contribution in [0.25, 0.3) is 0 Å². The van der Waals surface area contributed by atoms with Gasteiger partial charge in [0, 0.05) is 0 Å². The van der Waals surface area contributed by atoms with E-state index in [1.807, 2.05) is 6.07 Å². The molecule has 0 aliphatic rings. The standard InChI is InChI=1S/C13H16N2O4/c1-3-19-13(17)11(15)12(16)8-4-5-10(18-2)9(6-8)7-14/h4-6,11-12,16H,3,15H2,1-2H3. The number of nitrogens with zero attached hydrogens (tertiary/aromatic N) is 1. The lowest BCUT2D eigenvalue weighted by molar-refractivity contribution is -0.147. The van der Waals surface area contributed by atoms with Gasteiger partial charge in [0.2, 0.25) is 0 Å². The Balaban J connectivity index is 2.97. The van der Waals surface area contributed by atoms with E-state index in [1.165, 1.54) is 19.2 Å². The van der Waals surface area contributed by atoms with E-state index in [2.05, 4.69) is 0 Å². The third kappa shape index (κ3) is 3.44. The highest BCUT2D eigenvalue weighted by atomic mass is 16.5. The second kappa shape index (κ2) is 6.73. The molecule has 0 saturated heterocycles. The van der Waals surface area contributed by atoms with Crippen LogP contribution in [0.1, 0.15) is 24.2 Å². The zero-order valence-corrected chi connectivity index (χ0v) is 10.8. The fourth-order valence-corrected chi connectivity index (χ4v) is 1.57. The molecule has 0 heterocycles. The van der Waals surface area contributed by atoms with E-state index >= 15 is 0 Å². The van der Waals surface area contributed by atoms with Gasteiger partial charge in [-0.05, 0) is 24.6 Å². The lowest BCUT2D eigenvalue weighted by Gasteiger charge is -2.18. The number of ether oxygens (including phenoxy) is 2. The number of hydrogen-bond donors (Lipinski definition) is 2. The van der Waals surface area contributed by atoms with Crippen LogP contribution in [0.15, 0.2) is 18.2 Å². The van der Waals surface area contributed by atoms with Crippen molar-refractivity contribution in [3.05, 3.63) is 29.3 Å². The molecule has 3 N–H and O–H groups in total. The van der Waals surface area contributed by atoms with Crippen LogP contribution in [0, 0.1) is 11.3 Å². The molecule has 6 nitrogen and oxygen atoms in total. The quantitative estimate of drug-likeness (QED) is 0.750. The summed E-state index contributed by atoms with van der Waals surface area (Å²) in [5.41, 5.74) is 6.22. The first-order chi connectivity index (χ1) is 9.04. The Bertz CT molecular complexity index is 496. The summed E-state index contributed by atoms with van der Waals surface area (Å²) in [4.78, 5) is 11.4. The number of nitrogens with two attached hydrogens (primary N) is 1. The zero-order chi connectivity index (χ0) is 14.4. The Labute approximate surface area is 111 Å². The summed E-state index contributed by atoms with van der Waals surface area (Å²) in [6.45, 7) is 1.84. The molecule has 1 aromatic rings. The van der Waals surface area contributed by atoms with Crippen molar-refractivity contribution in [2.45, 2.75) is 19.1 Å². The average molecular weight is 264 g/mol. The fraction of sp³-hybridized carbons (Fsp3) is 0.385. The van der Waals surface area contributed by atoms with Crippen molar-refractivity contribution in [2.75, 3.05) is 13.7 Å². The van der Waals surface area contributed by atoms with E-state index in [-0.39, 0.29) is 12.2 Å². The van der Waals surface area contributed by atoms with Crippen molar-refractivity contribution < 1.29 is 19.4 Å². The molecule has 1 rings (SSSR count). The molecule has 0 saturated carbocycles. The SMILES string of the molecule is CCOC(=O)C(N)C(O)c1ccc(OC)c(C#N)c1. The van der Waals surface area contributed by atoms with Crippen LogP contribution in [-0.2, 0) is 9.53 Å². The van der Waals surface area contributed by atoms with Gasteiger partial charge < -0.3 is 20.3 Å². The molecule has 0 bridgehead atoms. The van der Waals surface area contributed by atoms with Crippen molar-refractivity contribution in [2.24, 2.45) is 5.73 Å². The first kappa shape index (κ1) is 15.0. The first-order valence-corrected chi connectivity index (χ1v) is 5.73. The summed E-state index contributed by atoms with van der Waals surface area (Å²) in [6.07, 6.45) is -1.24. The van der Waals surface area contributed by atoms with Gasteiger partial charge in [-0.15, -0.1) is 0 Å². The Kier molecular flexibility index (Phi) is 5.30. The number of nitriles is 1. The van der Waals surface area contributed by atoms with Crippen molar-refractivity contribution in [3.63, 3.8) is 0 Å². The number of carbonyl (C=O) groups excluding carboxylic acids is 1. The van der Waals surface area contributed by atoms with Crippen LogP contribution in [0.2, 0.25) is 0 Å². The molecule has 0 aliphatic carbocycles. The van der Waals surface area contributed by atoms with Crippen LogP contribution in [0.5, 0.6) is 5.75 Å². The summed E-state index contributed by atoms with van der Waals surface area (Å²) < 4.78 is 9.72. The molecule has 6 heteroatoms. The third-order valence-electron chi connectivity index (χ3n) is 2.58. The highest BCUT2D eigenvalue weighted by Gasteiger charge is 2.26. The molecule has 2 atom stereocenters. The second-order valence-electron chi connectivity index (χ2n) is 3.79. The maximum Gasteiger partial charge on any atom is 0.325 e. The predicted molar refractivity (Wildman–Crippen MR) is 67.3 cm³/mol. The monoisotopic (exact) mass is 264 g/mol. The Hall–Kier alpha value is -2.10. The zero-order valence-electron chi connectivity index (χ0n) is 10.8.